The molecule has 1 rings (SSSR count). The van der Waals surface area contributed by atoms with E-state index in [-0.39, 0.29) is 0 Å². The van der Waals surface area contributed by atoms with Gasteiger partial charge in [-0.15, -0.1) is 0 Å². The van der Waals surface area contributed by atoms with Gasteiger partial charge in [0.2, 0.25) is 0 Å². The Hall–Kier alpha value is -0.790. The van der Waals surface area contributed by atoms with Crippen molar-refractivity contribution in [2.45, 2.75) is 194 Å². The van der Waals surface area contributed by atoms with E-state index in [4.69, 9.17) is 0 Å². The van der Waals surface area contributed by atoms with Crippen LogP contribution in [0.15, 0.2) is 12.4 Å². The quantitative estimate of drug-likeness (QED) is 0.0858. The number of unbranched alkanes of at least 4 members (excludes halogenated alkanes) is 21. The lowest BCUT2D eigenvalue weighted by molar-refractivity contribution is -0.704. The van der Waals surface area contributed by atoms with E-state index in [1.54, 1.807) is 5.82 Å². The van der Waals surface area contributed by atoms with Gasteiger partial charge in [-0.25, -0.2) is 9.13 Å². The molecule has 0 N–H and O–H groups in total. The summed E-state index contributed by atoms with van der Waals surface area (Å²) in [4.78, 5) is 0. The molecule has 0 spiro atoms. The molecule has 0 aromatic carbocycles. The van der Waals surface area contributed by atoms with E-state index in [1.807, 2.05) is 0 Å². The third-order valence-electron chi connectivity index (χ3n) is 7.85. The maximum atomic E-state index is 2.61. The van der Waals surface area contributed by atoms with Crippen LogP contribution in [0.4, 0.5) is 0 Å². The first-order valence-corrected chi connectivity index (χ1v) is 16.4. The van der Waals surface area contributed by atoms with Crippen LogP contribution in [0.3, 0.4) is 0 Å². The van der Waals surface area contributed by atoms with Gasteiger partial charge in [0.15, 0.2) is 0 Å². The van der Waals surface area contributed by atoms with Gasteiger partial charge in [0, 0.05) is 6.42 Å². The monoisotopic (exact) mass is 490 g/mol. The summed E-state index contributed by atoms with van der Waals surface area (Å²) in [6, 6.07) is 0. The highest BCUT2D eigenvalue weighted by Gasteiger charge is 2.16. The highest BCUT2D eigenvalue weighted by molar-refractivity contribution is 4.84. The summed E-state index contributed by atoms with van der Waals surface area (Å²) in [5, 5.41) is 0. The van der Waals surface area contributed by atoms with Crippen molar-refractivity contribution in [3.8, 4) is 0 Å². The molecule has 0 aliphatic carbocycles. The van der Waals surface area contributed by atoms with Crippen molar-refractivity contribution >= 4 is 0 Å². The zero-order valence-corrected chi connectivity index (χ0v) is 24.6. The third-order valence-corrected chi connectivity index (χ3v) is 7.85. The van der Waals surface area contributed by atoms with Crippen molar-refractivity contribution < 1.29 is 4.57 Å². The van der Waals surface area contributed by atoms with E-state index < -0.39 is 0 Å². The molecular formula is C33H65N2+. The molecule has 1 heterocycles. The standard InChI is InChI=1S/C33H65N2/c1-4-7-10-13-15-17-18-20-22-25-28-33-34(29-26-23-12-9-6-3)31-32-35(33)30-27-24-21-19-16-14-11-8-5-2/h31-32H,4-30H2,1-3H3/q+1. The van der Waals surface area contributed by atoms with Crippen LogP contribution in [-0.2, 0) is 19.5 Å². The molecule has 0 saturated heterocycles. The lowest BCUT2D eigenvalue weighted by Gasteiger charge is -2.07. The van der Waals surface area contributed by atoms with Crippen LogP contribution in [0.5, 0.6) is 0 Å². The average Bonchev–Trinajstić information content (AvgIpc) is 3.25. The summed E-state index contributed by atoms with van der Waals surface area (Å²) < 4.78 is 5.22. The smallest absolute Gasteiger partial charge is 0.234 e. The number of aromatic nitrogens is 2. The molecule has 0 saturated carbocycles. The molecule has 206 valence electrons. The van der Waals surface area contributed by atoms with E-state index in [0.29, 0.717) is 0 Å². The minimum absolute atomic E-state index is 1.22. The Labute approximate surface area is 221 Å². The Morgan fingerprint density at radius 2 is 0.886 bits per heavy atom. The normalized spacial score (nSPS) is 11.5. The molecule has 0 fully saturated rings. The van der Waals surface area contributed by atoms with Crippen LogP contribution in [0.2, 0.25) is 0 Å². The zero-order chi connectivity index (χ0) is 25.2. The number of hydrogen-bond acceptors (Lipinski definition) is 0. The van der Waals surface area contributed by atoms with E-state index in [0.717, 1.165) is 0 Å². The number of hydrogen-bond donors (Lipinski definition) is 0. The van der Waals surface area contributed by atoms with Crippen molar-refractivity contribution in [1.82, 2.24) is 4.57 Å². The van der Waals surface area contributed by atoms with Gasteiger partial charge in [-0.2, -0.15) is 0 Å². The summed E-state index contributed by atoms with van der Waals surface area (Å²) in [7, 11) is 0. The van der Waals surface area contributed by atoms with Crippen LogP contribution in [0, 0.1) is 0 Å². The van der Waals surface area contributed by atoms with Gasteiger partial charge < -0.3 is 0 Å². The first-order valence-electron chi connectivity index (χ1n) is 16.4. The summed E-state index contributed by atoms with van der Waals surface area (Å²) in [6.45, 7) is 9.38. The van der Waals surface area contributed by atoms with Crippen LogP contribution >= 0.6 is 0 Å². The molecule has 0 radical (unpaired) electrons. The van der Waals surface area contributed by atoms with E-state index >= 15 is 0 Å². The van der Waals surface area contributed by atoms with Gasteiger partial charge in [-0.3, -0.25) is 0 Å². The first kappa shape index (κ1) is 32.2. The van der Waals surface area contributed by atoms with Gasteiger partial charge in [0.05, 0.1) is 13.1 Å². The number of imidazole rings is 1. The van der Waals surface area contributed by atoms with Gasteiger partial charge in [-0.1, -0.05) is 143 Å². The molecular weight excluding hydrogens is 424 g/mol. The number of rotatable bonds is 27. The zero-order valence-electron chi connectivity index (χ0n) is 24.6. The molecule has 0 unspecified atom stereocenters. The fraction of sp³-hybridized carbons (Fsp3) is 0.909. The molecule has 35 heavy (non-hydrogen) atoms. The molecule has 2 nitrogen and oxygen atoms in total. The maximum Gasteiger partial charge on any atom is 0.256 e. The Bertz CT molecular complexity index is 547. The summed E-state index contributed by atoms with van der Waals surface area (Å²) in [5.74, 6) is 1.61. The predicted octanol–water partition coefficient (Wildman–Crippen LogP) is 10.7. The largest absolute Gasteiger partial charge is 0.256 e. The van der Waals surface area contributed by atoms with Crippen LogP contribution in [0.25, 0.3) is 0 Å². The lowest BCUT2D eigenvalue weighted by Crippen LogP contribution is -2.37. The van der Waals surface area contributed by atoms with Crippen LogP contribution in [0.1, 0.15) is 181 Å². The van der Waals surface area contributed by atoms with Crippen LogP contribution in [-0.4, -0.2) is 4.57 Å². The minimum Gasteiger partial charge on any atom is -0.234 e. The SMILES string of the molecule is CCCCCCCCCCCCc1n(CCCCCCCCCCC)cc[n+]1CCCCCCC. The Balaban J connectivity index is 2.32. The van der Waals surface area contributed by atoms with Crippen molar-refractivity contribution in [2.75, 3.05) is 0 Å². The van der Waals surface area contributed by atoms with Crippen molar-refractivity contribution in [3.63, 3.8) is 0 Å². The molecule has 0 aliphatic heterocycles. The van der Waals surface area contributed by atoms with Gasteiger partial charge >= 0.3 is 0 Å². The van der Waals surface area contributed by atoms with E-state index in [2.05, 4.69) is 42.3 Å². The van der Waals surface area contributed by atoms with Gasteiger partial charge in [0.1, 0.15) is 12.4 Å². The van der Waals surface area contributed by atoms with E-state index in [1.165, 1.54) is 174 Å². The maximum absolute atomic E-state index is 2.61. The van der Waals surface area contributed by atoms with Crippen LogP contribution < -0.4 is 4.57 Å². The topological polar surface area (TPSA) is 8.81 Å². The van der Waals surface area contributed by atoms with Crippen molar-refractivity contribution in [2.24, 2.45) is 0 Å². The molecule has 2 heteroatoms. The van der Waals surface area contributed by atoms with Gasteiger partial charge in [0.25, 0.3) is 5.82 Å². The predicted molar refractivity (Wildman–Crippen MR) is 156 cm³/mol. The van der Waals surface area contributed by atoms with Gasteiger partial charge in [-0.05, 0) is 32.1 Å². The van der Waals surface area contributed by atoms with E-state index in [9.17, 15) is 0 Å². The summed E-state index contributed by atoms with van der Waals surface area (Å²) in [6.07, 6.45) is 40.0. The highest BCUT2D eigenvalue weighted by atomic mass is 15.1. The minimum atomic E-state index is 1.22. The fourth-order valence-electron chi connectivity index (χ4n) is 5.44. The highest BCUT2D eigenvalue weighted by Crippen LogP contribution is 2.14. The summed E-state index contributed by atoms with van der Waals surface area (Å²) in [5.41, 5.74) is 0. The fourth-order valence-corrected chi connectivity index (χ4v) is 5.44. The molecule has 0 amide bonds. The molecule has 0 atom stereocenters. The lowest BCUT2D eigenvalue weighted by atomic mass is 10.1. The average molecular weight is 490 g/mol. The molecule has 1 aromatic rings. The number of nitrogens with zero attached hydrogens (tertiary/aromatic N) is 2. The Kier molecular flexibility index (Phi) is 22.9. The number of aryl methyl sites for hydroxylation is 2. The second-order valence-corrected chi connectivity index (χ2v) is 11.3. The molecule has 0 aliphatic rings. The van der Waals surface area contributed by atoms with Crippen molar-refractivity contribution in [1.29, 1.82) is 0 Å². The van der Waals surface area contributed by atoms with Crippen molar-refractivity contribution in [3.05, 3.63) is 18.2 Å². The summed E-state index contributed by atoms with van der Waals surface area (Å²) >= 11 is 0. The Morgan fingerprint density at radius 3 is 1.37 bits per heavy atom. The Morgan fingerprint density at radius 1 is 0.486 bits per heavy atom. The second-order valence-electron chi connectivity index (χ2n) is 11.3. The molecule has 1 aromatic heterocycles. The third kappa shape index (κ3) is 18.2. The molecule has 0 bridgehead atoms. The first-order chi connectivity index (χ1) is 17.3. The second kappa shape index (κ2) is 24.9.